The van der Waals surface area contributed by atoms with E-state index in [1.807, 2.05) is 31.2 Å². The van der Waals surface area contributed by atoms with E-state index in [4.69, 9.17) is 0 Å². The first kappa shape index (κ1) is 17.9. The number of hydrazone groups is 1. The topological polar surface area (TPSA) is 61.8 Å². The summed E-state index contributed by atoms with van der Waals surface area (Å²) < 4.78 is 0. The number of benzene rings is 2. The summed E-state index contributed by atoms with van der Waals surface area (Å²) in [6.07, 6.45) is 3.10. The summed E-state index contributed by atoms with van der Waals surface area (Å²) >= 11 is 0. The van der Waals surface area contributed by atoms with E-state index in [1.54, 1.807) is 23.1 Å². The Labute approximate surface area is 153 Å². The Balaban J connectivity index is 1.58. The zero-order valence-corrected chi connectivity index (χ0v) is 14.9. The first-order chi connectivity index (χ1) is 12.6. The standard InChI is InChI=1S/C21H23N3O2/c1-16(12-13-17-7-3-2-4-8-17)22-23-21(26)18-9-5-10-19(15-18)24-14-6-11-20(24)25/h2-5,7-10,15H,6,11-14H2,1H3,(H,23,26)/b22-16+. The highest BCUT2D eigenvalue weighted by molar-refractivity contribution is 5.99. The number of nitrogens with zero attached hydrogens (tertiary/aromatic N) is 2. The molecule has 26 heavy (non-hydrogen) atoms. The van der Waals surface area contributed by atoms with Crippen LogP contribution in [0, 0.1) is 0 Å². The normalized spacial score (nSPS) is 14.6. The lowest BCUT2D eigenvalue weighted by Gasteiger charge is -2.16. The second kappa shape index (κ2) is 8.43. The highest BCUT2D eigenvalue weighted by atomic mass is 16.2. The molecule has 3 rings (SSSR count). The maximum atomic E-state index is 12.4. The monoisotopic (exact) mass is 349 g/mol. The van der Waals surface area contributed by atoms with Gasteiger partial charge in [0, 0.05) is 29.9 Å². The Bertz CT molecular complexity index is 815. The van der Waals surface area contributed by atoms with E-state index in [2.05, 4.69) is 22.7 Å². The quantitative estimate of drug-likeness (QED) is 0.640. The fourth-order valence-electron chi connectivity index (χ4n) is 2.97. The largest absolute Gasteiger partial charge is 0.312 e. The van der Waals surface area contributed by atoms with Crippen molar-refractivity contribution in [3.8, 4) is 0 Å². The molecule has 1 heterocycles. The molecule has 0 saturated carbocycles. The molecule has 5 heteroatoms. The van der Waals surface area contributed by atoms with E-state index in [-0.39, 0.29) is 11.8 Å². The summed E-state index contributed by atoms with van der Waals surface area (Å²) in [7, 11) is 0. The predicted octanol–water partition coefficient (Wildman–Crippen LogP) is 3.55. The van der Waals surface area contributed by atoms with Crippen LogP contribution in [0.5, 0.6) is 0 Å². The third kappa shape index (κ3) is 4.57. The van der Waals surface area contributed by atoms with Crippen LogP contribution in [0.25, 0.3) is 0 Å². The van der Waals surface area contributed by atoms with E-state index >= 15 is 0 Å². The van der Waals surface area contributed by atoms with Crippen LogP contribution in [0.3, 0.4) is 0 Å². The molecule has 1 aliphatic rings. The Kier molecular flexibility index (Phi) is 5.79. The van der Waals surface area contributed by atoms with Gasteiger partial charge in [0.15, 0.2) is 0 Å². The van der Waals surface area contributed by atoms with E-state index in [0.29, 0.717) is 18.5 Å². The van der Waals surface area contributed by atoms with Gasteiger partial charge in [-0.25, -0.2) is 5.43 Å². The van der Waals surface area contributed by atoms with Gasteiger partial charge in [0.25, 0.3) is 5.91 Å². The summed E-state index contributed by atoms with van der Waals surface area (Å²) in [6.45, 7) is 2.61. The van der Waals surface area contributed by atoms with Crippen LogP contribution in [0.15, 0.2) is 59.7 Å². The average molecular weight is 349 g/mol. The molecule has 1 saturated heterocycles. The fourth-order valence-corrected chi connectivity index (χ4v) is 2.97. The fraction of sp³-hybridized carbons (Fsp3) is 0.286. The summed E-state index contributed by atoms with van der Waals surface area (Å²) in [5.74, 6) is -0.158. The Morgan fingerprint density at radius 3 is 2.69 bits per heavy atom. The number of anilines is 1. The average Bonchev–Trinajstić information content (AvgIpc) is 3.11. The minimum Gasteiger partial charge on any atom is -0.312 e. The van der Waals surface area contributed by atoms with E-state index in [1.165, 1.54) is 5.56 Å². The van der Waals surface area contributed by atoms with Gasteiger partial charge in [-0.05, 0) is 49.9 Å². The number of carbonyl (C=O) groups is 2. The van der Waals surface area contributed by atoms with Crippen LogP contribution in [0.2, 0.25) is 0 Å². The molecule has 0 radical (unpaired) electrons. The van der Waals surface area contributed by atoms with E-state index in [0.717, 1.165) is 30.7 Å². The number of hydrogen-bond acceptors (Lipinski definition) is 3. The molecule has 0 atom stereocenters. The minimum atomic E-state index is -0.266. The van der Waals surface area contributed by atoms with Gasteiger partial charge in [0.05, 0.1) is 0 Å². The van der Waals surface area contributed by atoms with Crippen molar-refractivity contribution < 1.29 is 9.59 Å². The molecular weight excluding hydrogens is 326 g/mol. The number of aryl methyl sites for hydroxylation is 1. The molecule has 1 fully saturated rings. The maximum absolute atomic E-state index is 12.4. The minimum absolute atomic E-state index is 0.109. The lowest BCUT2D eigenvalue weighted by Crippen LogP contribution is -2.24. The third-order valence-electron chi connectivity index (χ3n) is 4.46. The summed E-state index contributed by atoms with van der Waals surface area (Å²) in [5, 5.41) is 4.19. The molecule has 0 spiro atoms. The molecule has 0 aromatic heterocycles. The van der Waals surface area contributed by atoms with Gasteiger partial charge in [0.2, 0.25) is 5.91 Å². The smallest absolute Gasteiger partial charge is 0.271 e. The predicted molar refractivity (Wildman–Crippen MR) is 103 cm³/mol. The molecule has 134 valence electrons. The molecule has 2 aromatic rings. The van der Waals surface area contributed by atoms with Gasteiger partial charge in [-0.2, -0.15) is 5.10 Å². The van der Waals surface area contributed by atoms with Crippen LogP contribution in [-0.4, -0.2) is 24.1 Å². The molecule has 2 amide bonds. The summed E-state index contributed by atoms with van der Waals surface area (Å²) in [4.78, 5) is 25.9. The van der Waals surface area contributed by atoms with Crippen molar-refractivity contribution in [3.05, 3.63) is 65.7 Å². The van der Waals surface area contributed by atoms with Crippen molar-refractivity contribution in [2.24, 2.45) is 5.10 Å². The van der Waals surface area contributed by atoms with Gasteiger partial charge in [-0.3, -0.25) is 9.59 Å². The lowest BCUT2D eigenvalue weighted by atomic mass is 10.1. The van der Waals surface area contributed by atoms with Crippen molar-refractivity contribution in [2.75, 3.05) is 11.4 Å². The number of carbonyl (C=O) groups excluding carboxylic acids is 2. The molecule has 1 N–H and O–H groups in total. The van der Waals surface area contributed by atoms with Crippen molar-refractivity contribution in [3.63, 3.8) is 0 Å². The third-order valence-corrected chi connectivity index (χ3v) is 4.46. The Morgan fingerprint density at radius 2 is 1.96 bits per heavy atom. The van der Waals surface area contributed by atoms with Crippen LogP contribution in [-0.2, 0) is 11.2 Å². The summed E-state index contributed by atoms with van der Waals surface area (Å²) in [5.41, 5.74) is 5.99. The van der Waals surface area contributed by atoms with Crippen LogP contribution < -0.4 is 10.3 Å². The molecule has 0 aliphatic carbocycles. The highest BCUT2D eigenvalue weighted by Gasteiger charge is 2.22. The second-order valence-electron chi connectivity index (χ2n) is 6.47. The Morgan fingerprint density at radius 1 is 1.15 bits per heavy atom. The van der Waals surface area contributed by atoms with Gasteiger partial charge in [-0.1, -0.05) is 36.4 Å². The van der Waals surface area contributed by atoms with Crippen LogP contribution in [0.4, 0.5) is 5.69 Å². The summed E-state index contributed by atoms with van der Waals surface area (Å²) in [6, 6.07) is 17.3. The van der Waals surface area contributed by atoms with Crippen molar-refractivity contribution in [2.45, 2.75) is 32.6 Å². The maximum Gasteiger partial charge on any atom is 0.271 e. The first-order valence-corrected chi connectivity index (χ1v) is 8.91. The SMILES string of the molecule is C/C(CCc1ccccc1)=N\NC(=O)c1cccc(N2CCCC2=O)c1. The van der Waals surface area contributed by atoms with Crippen LogP contribution in [0.1, 0.15) is 42.1 Å². The lowest BCUT2D eigenvalue weighted by molar-refractivity contribution is -0.117. The molecule has 0 unspecified atom stereocenters. The van der Waals surface area contributed by atoms with Crippen molar-refractivity contribution in [1.29, 1.82) is 0 Å². The van der Waals surface area contributed by atoms with Gasteiger partial charge < -0.3 is 4.90 Å². The Hall–Kier alpha value is -2.95. The number of rotatable bonds is 6. The van der Waals surface area contributed by atoms with E-state index < -0.39 is 0 Å². The van der Waals surface area contributed by atoms with Crippen LogP contribution >= 0.6 is 0 Å². The highest BCUT2D eigenvalue weighted by Crippen LogP contribution is 2.22. The van der Waals surface area contributed by atoms with Crippen molar-refractivity contribution >= 4 is 23.2 Å². The van der Waals surface area contributed by atoms with Crippen molar-refractivity contribution in [1.82, 2.24) is 5.43 Å². The zero-order valence-electron chi connectivity index (χ0n) is 14.9. The second-order valence-corrected chi connectivity index (χ2v) is 6.47. The molecule has 1 aliphatic heterocycles. The molecule has 2 aromatic carbocycles. The van der Waals surface area contributed by atoms with Gasteiger partial charge in [-0.15, -0.1) is 0 Å². The van der Waals surface area contributed by atoms with Gasteiger partial charge in [0.1, 0.15) is 0 Å². The number of amides is 2. The molecule has 0 bridgehead atoms. The molecular formula is C21H23N3O2. The number of nitrogens with one attached hydrogen (secondary N) is 1. The van der Waals surface area contributed by atoms with E-state index in [9.17, 15) is 9.59 Å². The van der Waals surface area contributed by atoms with Gasteiger partial charge >= 0.3 is 0 Å². The number of hydrogen-bond donors (Lipinski definition) is 1. The first-order valence-electron chi connectivity index (χ1n) is 8.91. The molecule has 5 nitrogen and oxygen atoms in total. The zero-order chi connectivity index (χ0) is 18.4.